The number of rotatable bonds is 4. The van der Waals surface area contributed by atoms with Crippen molar-refractivity contribution in [3.8, 4) is 0 Å². The molecule has 0 aliphatic carbocycles. The Kier molecular flexibility index (Phi) is 5.77. The number of carbonyl (C=O) groups is 1. The minimum Gasteiger partial charge on any atom is -0.444 e. The van der Waals surface area contributed by atoms with Crippen LogP contribution in [0.3, 0.4) is 0 Å². The van der Waals surface area contributed by atoms with Crippen molar-refractivity contribution in [2.75, 3.05) is 6.54 Å². The van der Waals surface area contributed by atoms with Gasteiger partial charge >= 0.3 is 6.09 Å². The van der Waals surface area contributed by atoms with Gasteiger partial charge in [-0.2, -0.15) is 0 Å². The summed E-state index contributed by atoms with van der Waals surface area (Å²) >= 11 is 0. The van der Waals surface area contributed by atoms with Gasteiger partial charge in [0.15, 0.2) is 0 Å². The third kappa shape index (κ3) is 5.89. The van der Waals surface area contributed by atoms with Crippen LogP contribution in [-0.4, -0.2) is 23.3 Å². The first-order valence-corrected chi connectivity index (χ1v) is 6.65. The van der Waals surface area contributed by atoms with Crippen LogP contribution in [0.1, 0.15) is 37.5 Å². The van der Waals surface area contributed by atoms with Gasteiger partial charge in [0.05, 0.1) is 6.61 Å². The first kappa shape index (κ1) is 16.2. The van der Waals surface area contributed by atoms with E-state index in [0.717, 1.165) is 16.7 Å². The van der Waals surface area contributed by atoms with E-state index in [-0.39, 0.29) is 6.61 Å². The number of hydrogen-bond acceptors (Lipinski definition) is 3. The smallest absolute Gasteiger partial charge is 0.407 e. The normalized spacial score (nSPS) is 11.7. The number of amides is 1. The lowest BCUT2D eigenvalue weighted by Crippen LogP contribution is -2.32. The molecule has 0 unspecified atom stereocenters. The second-order valence-electron chi connectivity index (χ2n) is 5.63. The van der Waals surface area contributed by atoms with Gasteiger partial charge in [-0.1, -0.05) is 30.4 Å². The fourth-order valence-corrected chi connectivity index (χ4v) is 1.67. The molecule has 0 atom stereocenters. The average molecular weight is 277 g/mol. The zero-order chi connectivity index (χ0) is 15.2. The van der Waals surface area contributed by atoms with Gasteiger partial charge in [-0.3, -0.25) is 0 Å². The largest absolute Gasteiger partial charge is 0.444 e. The summed E-state index contributed by atoms with van der Waals surface area (Å²) in [5.41, 5.74) is 2.56. The van der Waals surface area contributed by atoms with Crippen LogP contribution in [-0.2, 0) is 11.3 Å². The Morgan fingerprint density at radius 2 is 2.10 bits per heavy atom. The van der Waals surface area contributed by atoms with Crippen LogP contribution in [0.25, 0.3) is 6.08 Å². The van der Waals surface area contributed by atoms with E-state index in [9.17, 15) is 4.79 Å². The predicted molar refractivity (Wildman–Crippen MR) is 80.4 cm³/mol. The maximum atomic E-state index is 11.4. The molecular formula is C16H23NO3. The summed E-state index contributed by atoms with van der Waals surface area (Å²) < 4.78 is 5.13. The van der Waals surface area contributed by atoms with Crippen molar-refractivity contribution in [1.29, 1.82) is 0 Å². The topological polar surface area (TPSA) is 58.6 Å². The molecule has 4 heteroatoms. The van der Waals surface area contributed by atoms with Gasteiger partial charge in [-0.15, -0.1) is 0 Å². The molecule has 0 aliphatic heterocycles. The van der Waals surface area contributed by atoms with Crippen LogP contribution < -0.4 is 5.32 Å². The van der Waals surface area contributed by atoms with Crippen LogP contribution in [0.4, 0.5) is 4.79 Å². The van der Waals surface area contributed by atoms with E-state index in [2.05, 4.69) is 5.32 Å². The Hall–Kier alpha value is -1.81. The van der Waals surface area contributed by atoms with Crippen molar-refractivity contribution in [2.24, 2.45) is 0 Å². The van der Waals surface area contributed by atoms with E-state index >= 15 is 0 Å². The molecule has 0 saturated heterocycles. The minimum atomic E-state index is -0.482. The maximum absolute atomic E-state index is 11.4. The standard InChI is InChI=1S/C16H23NO3/c1-12-10-13(11-18)7-8-14(12)6-5-9-17-15(19)20-16(2,3)4/h5-8,10,18H,9,11H2,1-4H3,(H,17,19). The molecule has 110 valence electrons. The molecule has 1 amide bonds. The molecule has 1 aromatic rings. The number of hydrogen-bond donors (Lipinski definition) is 2. The monoisotopic (exact) mass is 277 g/mol. The summed E-state index contributed by atoms with van der Waals surface area (Å²) in [5.74, 6) is 0. The third-order valence-corrected chi connectivity index (χ3v) is 2.58. The average Bonchev–Trinajstić information content (AvgIpc) is 2.33. The Balaban J connectivity index is 2.48. The van der Waals surface area contributed by atoms with Gasteiger partial charge in [-0.25, -0.2) is 4.79 Å². The summed E-state index contributed by atoms with van der Waals surface area (Å²) in [5, 5.41) is 11.7. The molecule has 0 heterocycles. The zero-order valence-corrected chi connectivity index (χ0v) is 12.6. The number of aliphatic hydroxyl groups excluding tert-OH is 1. The minimum absolute atomic E-state index is 0.0467. The first-order valence-electron chi connectivity index (χ1n) is 6.65. The van der Waals surface area contributed by atoms with E-state index < -0.39 is 11.7 Å². The first-order chi connectivity index (χ1) is 9.31. The molecule has 1 aromatic carbocycles. The van der Waals surface area contributed by atoms with Gasteiger partial charge in [0.2, 0.25) is 0 Å². The molecule has 0 aliphatic rings. The summed E-state index contributed by atoms with van der Waals surface area (Å²) in [6.07, 6.45) is 3.38. The fraction of sp³-hybridized carbons (Fsp3) is 0.438. The summed E-state index contributed by atoms with van der Waals surface area (Å²) in [4.78, 5) is 11.4. The molecule has 0 aromatic heterocycles. The highest BCUT2D eigenvalue weighted by molar-refractivity contribution is 5.68. The van der Waals surface area contributed by atoms with E-state index in [4.69, 9.17) is 9.84 Å². The van der Waals surface area contributed by atoms with Crippen LogP contribution in [0.2, 0.25) is 0 Å². The molecule has 0 spiro atoms. The second kappa shape index (κ2) is 7.10. The highest BCUT2D eigenvalue weighted by Crippen LogP contribution is 2.12. The fourth-order valence-electron chi connectivity index (χ4n) is 1.67. The molecular weight excluding hydrogens is 254 g/mol. The SMILES string of the molecule is Cc1cc(CO)ccc1C=CCNC(=O)OC(C)(C)C. The van der Waals surface area contributed by atoms with E-state index in [1.165, 1.54) is 0 Å². The number of benzene rings is 1. The Morgan fingerprint density at radius 3 is 2.65 bits per heavy atom. The van der Waals surface area contributed by atoms with E-state index in [1.807, 2.05) is 58.0 Å². The predicted octanol–water partition coefficient (Wildman–Crippen LogP) is 3.03. The van der Waals surface area contributed by atoms with Crippen molar-refractivity contribution in [3.05, 3.63) is 41.0 Å². The number of aryl methyl sites for hydroxylation is 1. The molecule has 0 fully saturated rings. The summed E-state index contributed by atoms with van der Waals surface area (Å²) in [6, 6.07) is 5.78. The van der Waals surface area contributed by atoms with Crippen LogP contribution in [0.5, 0.6) is 0 Å². The molecule has 0 radical (unpaired) electrons. The van der Waals surface area contributed by atoms with Crippen molar-refractivity contribution in [1.82, 2.24) is 5.32 Å². The van der Waals surface area contributed by atoms with Gasteiger partial charge in [0, 0.05) is 6.54 Å². The van der Waals surface area contributed by atoms with Crippen molar-refractivity contribution < 1.29 is 14.6 Å². The van der Waals surface area contributed by atoms with E-state index in [1.54, 1.807) is 0 Å². The lowest BCUT2D eigenvalue weighted by Gasteiger charge is -2.19. The van der Waals surface area contributed by atoms with Gasteiger partial charge in [-0.05, 0) is 44.4 Å². The Bertz CT molecular complexity index is 487. The highest BCUT2D eigenvalue weighted by Gasteiger charge is 2.14. The van der Waals surface area contributed by atoms with Gasteiger partial charge < -0.3 is 15.2 Å². The summed E-state index contributed by atoms with van der Waals surface area (Å²) in [7, 11) is 0. The molecule has 4 nitrogen and oxygen atoms in total. The third-order valence-electron chi connectivity index (χ3n) is 2.58. The Morgan fingerprint density at radius 1 is 1.40 bits per heavy atom. The molecule has 20 heavy (non-hydrogen) atoms. The van der Waals surface area contributed by atoms with E-state index in [0.29, 0.717) is 6.54 Å². The summed E-state index contributed by atoms with van der Waals surface area (Å²) in [6.45, 7) is 7.93. The molecule has 2 N–H and O–H groups in total. The number of nitrogens with one attached hydrogen (secondary N) is 1. The van der Waals surface area contributed by atoms with Gasteiger partial charge in [0.1, 0.15) is 5.60 Å². The maximum Gasteiger partial charge on any atom is 0.407 e. The molecule has 1 rings (SSSR count). The van der Waals surface area contributed by atoms with Crippen molar-refractivity contribution >= 4 is 12.2 Å². The van der Waals surface area contributed by atoms with Crippen LogP contribution in [0.15, 0.2) is 24.3 Å². The Labute approximate surface area is 120 Å². The number of aliphatic hydroxyl groups is 1. The second-order valence-corrected chi connectivity index (χ2v) is 5.63. The molecule has 0 bridgehead atoms. The number of alkyl carbamates (subject to hydrolysis) is 1. The van der Waals surface area contributed by atoms with Crippen molar-refractivity contribution in [2.45, 2.75) is 39.9 Å². The number of carbonyl (C=O) groups excluding carboxylic acids is 1. The molecule has 0 saturated carbocycles. The lowest BCUT2D eigenvalue weighted by molar-refractivity contribution is 0.0534. The highest BCUT2D eigenvalue weighted by atomic mass is 16.6. The van der Waals surface area contributed by atoms with Gasteiger partial charge in [0.25, 0.3) is 0 Å². The van der Waals surface area contributed by atoms with Crippen LogP contribution in [0, 0.1) is 6.92 Å². The van der Waals surface area contributed by atoms with Crippen LogP contribution >= 0.6 is 0 Å². The lowest BCUT2D eigenvalue weighted by atomic mass is 10.1. The zero-order valence-electron chi connectivity index (χ0n) is 12.6. The quantitative estimate of drug-likeness (QED) is 0.889. The number of ether oxygens (including phenoxy) is 1. The van der Waals surface area contributed by atoms with Crippen molar-refractivity contribution in [3.63, 3.8) is 0 Å².